The molecule has 6 nitrogen and oxygen atoms in total. The molecular weight excluding hydrogens is 294 g/mol. The number of nitrogens with one attached hydrogen (secondary N) is 2. The molecule has 0 saturated heterocycles. The molecule has 1 aromatic carbocycles. The summed E-state index contributed by atoms with van der Waals surface area (Å²) in [5, 5.41) is 14.3. The fourth-order valence-electron chi connectivity index (χ4n) is 1.61. The van der Waals surface area contributed by atoms with Gasteiger partial charge in [0, 0.05) is 0 Å². The highest BCUT2D eigenvalue weighted by atomic mass is 35.5. The first-order valence-electron chi connectivity index (χ1n) is 6.04. The van der Waals surface area contributed by atoms with Crippen molar-refractivity contribution in [3.05, 3.63) is 53.3 Å². The van der Waals surface area contributed by atoms with E-state index in [1.54, 1.807) is 36.4 Å². The van der Waals surface area contributed by atoms with Gasteiger partial charge in [-0.1, -0.05) is 23.7 Å². The fraction of sp³-hybridized carbons (Fsp3) is 0.0714. The first-order valence-corrected chi connectivity index (χ1v) is 6.41. The minimum Gasteiger partial charge on any atom is -0.481 e. The summed E-state index contributed by atoms with van der Waals surface area (Å²) in [7, 11) is 0. The predicted octanol–water partition coefficient (Wildman–Crippen LogP) is 3.01. The van der Waals surface area contributed by atoms with E-state index in [0.29, 0.717) is 22.1 Å². The third kappa shape index (κ3) is 4.47. The number of carboxylic acid groups (broad SMARTS) is 1. The molecule has 108 valence electrons. The summed E-state index contributed by atoms with van der Waals surface area (Å²) in [6, 6.07) is 9.52. The summed E-state index contributed by atoms with van der Waals surface area (Å²) >= 11 is 5.93. The van der Waals surface area contributed by atoms with E-state index in [2.05, 4.69) is 15.6 Å². The van der Waals surface area contributed by atoms with Gasteiger partial charge < -0.3 is 15.7 Å². The van der Waals surface area contributed by atoms with Crippen LogP contribution in [0.4, 0.5) is 16.2 Å². The summed E-state index contributed by atoms with van der Waals surface area (Å²) in [4.78, 5) is 26.3. The number of aromatic nitrogens is 1. The van der Waals surface area contributed by atoms with E-state index in [-0.39, 0.29) is 6.42 Å². The lowest BCUT2D eigenvalue weighted by molar-refractivity contribution is -0.136. The fourth-order valence-corrected chi connectivity index (χ4v) is 1.79. The number of benzene rings is 1. The highest BCUT2D eigenvalue weighted by Gasteiger charge is 2.06. The molecule has 2 aromatic rings. The maximum absolute atomic E-state index is 11.8. The number of pyridine rings is 1. The number of hydrogen-bond acceptors (Lipinski definition) is 3. The normalized spacial score (nSPS) is 9.95. The van der Waals surface area contributed by atoms with Crippen LogP contribution in [0.15, 0.2) is 42.6 Å². The van der Waals surface area contributed by atoms with Gasteiger partial charge in [0.05, 0.1) is 34.7 Å². The number of urea groups is 1. The number of hydrogen-bond donors (Lipinski definition) is 3. The molecule has 0 bridgehead atoms. The van der Waals surface area contributed by atoms with Crippen molar-refractivity contribution in [1.82, 2.24) is 4.98 Å². The Labute approximate surface area is 125 Å². The molecule has 0 unspecified atom stereocenters. The SMILES string of the molecule is O=C(O)Cc1ccc(NC(=O)Nc2ccccc2Cl)cn1. The number of halogens is 1. The third-order valence-electron chi connectivity index (χ3n) is 2.54. The Morgan fingerprint density at radius 3 is 2.52 bits per heavy atom. The highest BCUT2D eigenvalue weighted by Crippen LogP contribution is 2.20. The third-order valence-corrected chi connectivity index (χ3v) is 2.87. The average molecular weight is 306 g/mol. The Hall–Kier alpha value is -2.60. The molecular formula is C14H12ClN3O3. The van der Waals surface area contributed by atoms with Gasteiger partial charge in [-0.05, 0) is 24.3 Å². The molecule has 0 saturated carbocycles. The van der Waals surface area contributed by atoms with Crippen molar-refractivity contribution in [2.24, 2.45) is 0 Å². The zero-order valence-corrected chi connectivity index (χ0v) is 11.6. The topological polar surface area (TPSA) is 91.3 Å². The first kappa shape index (κ1) is 14.8. The van der Waals surface area contributed by atoms with Crippen LogP contribution < -0.4 is 10.6 Å². The summed E-state index contributed by atoms with van der Waals surface area (Å²) in [6.45, 7) is 0. The maximum atomic E-state index is 11.8. The first-order chi connectivity index (χ1) is 10.0. The van der Waals surface area contributed by atoms with Crippen LogP contribution in [0.5, 0.6) is 0 Å². The van der Waals surface area contributed by atoms with Crippen LogP contribution in [-0.2, 0) is 11.2 Å². The van der Waals surface area contributed by atoms with E-state index >= 15 is 0 Å². The highest BCUT2D eigenvalue weighted by molar-refractivity contribution is 6.33. The van der Waals surface area contributed by atoms with Crippen molar-refractivity contribution in [3.63, 3.8) is 0 Å². The van der Waals surface area contributed by atoms with Gasteiger partial charge in [-0.25, -0.2) is 4.79 Å². The molecule has 0 aliphatic heterocycles. The van der Waals surface area contributed by atoms with Gasteiger partial charge in [0.1, 0.15) is 0 Å². The number of rotatable bonds is 4. The van der Waals surface area contributed by atoms with Gasteiger partial charge in [0.2, 0.25) is 0 Å². The second-order valence-corrected chi connectivity index (χ2v) is 4.57. The molecule has 3 N–H and O–H groups in total. The second-order valence-electron chi connectivity index (χ2n) is 4.17. The van der Waals surface area contributed by atoms with Gasteiger partial charge in [-0.15, -0.1) is 0 Å². The van der Waals surface area contributed by atoms with Crippen molar-refractivity contribution in [2.75, 3.05) is 10.6 Å². The monoisotopic (exact) mass is 305 g/mol. The van der Waals surface area contributed by atoms with E-state index in [9.17, 15) is 9.59 Å². The molecule has 0 fully saturated rings. The Morgan fingerprint density at radius 1 is 1.14 bits per heavy atom. The molecule has 2 rings (SSSR count). The van der Waals surface area contributed by atoms with Crippen molar-refractivity contribution < 1.29 is 14.7 Å². The lowest BCUT2D eigenvalue weighted by atomic mass is 10.2. The van der Waals surface area contributed by atoms with Crippen LogP contribution in [0.3, 0.4) is 0 Å². The Bertz CT molecular complexity index is 659. The number of para-hydroxylation sites is 1. The molecule has 0 radical (unpaired) electrons. The minimum atomic E-state index is -0.959. The zero-order chi connectivity index (χ0) is 15.2. The lowest BCUT2D eigenvalue weighted by Crippen LogP contribution is -2.19. The molecule has 0 aliphatic carbocycles. The quantitative estimate of drug-likeness (QED) is 0.809. The van der Waals surface area contributed by atoms with E-state index in [1.807, 2.05) is 0 Å². The lowest BCUT2D eigenvalue weighted by Gasteiger charge is -2.08. The smallest absolute Gasteiger partial charge is 0.323 e. The number of carbonyl (C=O) groups excluding carboxylic acids is 1. The number of nitrogens with zero attached hydrogens (tertiary/aromatic N) is 1. The van der Waals surface area contributed by atoms with E-state index in [0.717, 1.165) is 0 Å². The molecule has 1 aromatic heterocycles. The van der Waals surface area contributed by atoms with Crippen LogP contribution in [0.25, 0.3) is 0 Å². The molecule has 2 amide bonds. The van der Waals surface area contributed by atoms with E-state index in [4.69, 9.17) is 16.7 Å². The molecule has 21 heavy (non-hydrogen) atoms. The van der Waals surface area contributed by atoms with Gasteiger partial charge in [-0.2, -0.15) is 0 Å². The minimum absolute atomic E-state index is 0.161. The van der Waals surface area contributed by atoms with Crippen LogP contribution >= 0.6 is 11.6 Å². The largest absolute Gasteiger partial charge is 0.481 e. The summed E-state index contributed by atoms with van der Waals surface area (Å²) in [5.41, 5.74) is 1.36. The van der Waals surface area contributed by atoms with Gasteiger partial charge in [0.15, 0.2) is 0 Å². The Morgan fingerprint density at radius 2 is 1.90 bits per heavy atom. The summed E-state index contributed by atoms with van der Waals surface area (Å²) in [6.07, 6.45) is 1.23. The number of aliphatic carboxylic acids is 1. The van der Waals surface area contributed by atoms with Crippen LogP contribution in [-0.4, -0.2) is 22.1 Å². The number of anilines is 2. The van der Waals surface area contributed by atoms with Gasteiger partial charge in [0.25, 0.3) is 0 Å². The summed E-state index contributed by atoms with van der Waals surface area (Å²) < 4.78 is 0. The molecule has 0 spiro atoms. The predicted molar refractivity (Wildman–Crippen MR) is 79.7 cm³/mol. The van der Waals surface area contributed by atoms with Gasteiger partial charge in [-0.3, -0.25) is 9.78 Å². The standard InChI is InChI=1S/C14H12ClN3O3/c15-11-3-1-2-4-12(11)18-14(21)17-10-6-5-9(16-8-10)7-13(19)20/h1-6,8H,7H2,(H,19,20)(H2,17,18,21). The van der Waals surface area contributed by atoms with Crippen molar-refractivity contribution >= 4 is 35.0 Å². The van der Waals surface area contributed by atoms with Gasteiger partial charge >= 0.3 is 12.0 Å². The zero-order valence-electron chi connectivity index (χ0n) is 10.8. The van der Waals surface area contributed by atoms with Crippen LogP contribution in [0.2, 0.25) is 5.02 Å². The van der Waals surface area contributed by atoms with Crippen molar-refractivity contribution in [3.8, 4) is 0 Å². The average Bonchev–Trinajstić information content (AvgIpc) is 2.43. The van der Waals surface area contributed by atoms with Crippen LogP contribution in [0.1, 0.15) is 5.69 Å². The molecule has 0 atom stereocenters. The molecule has 7 heteroatoms. The van der Waals surface area contributed by atoms with Crippen molar-refractivity contribution in [1.29, 1.82) is 0 Å². The summed E-state index contributed by atoms with van der Waals surface area (Å²) in [5.74, 6) is -0.959. The Balaban J connectivity index is 1.96. The van der Waals surface area contributed by atoms with Crippen molar-refractivity contribution in [2.45, 2.75) is 6.42 Å². The number of amides is 2. The Kier molecular flexibility index (Phi) is 4.73. The second kappa shape index (κ2) is 6.71. The van der Waals surface area contributed by atoms with E-state index in [1.165, 1.54) is 6.20 Å². The van der Waals surface area contributed by atoms with E-state index < -0.39 is 12.0 Å². The molecule has 0 aliphatic rings. The number of carboxylic acids is 1. The van der Waals surface area contributed by atoms with Crippen LogP contribution in [0, 0.1) is 0 Å². The number of carbonyl (C=O) groups is 2. The molecule has 1 heterocycles. The maximum Gasteiger partial charge on any atom is 0.323 e.